The molecule has 3 atom stereocenters. The maximum atomic E-state index is 5.46. The number of piperidine rings is 1. The average molecular weight is 267 g/mol. The highest BCUT2D eigenvalue weighted by Crippen LogP contribution is 2.52. The number of allylic oxidation sites excluding steroid dienone is 3. The number of hydrogen-bond acceptors (Lipinski definition) is 2. The Hall–Kier alpha value is -1.54. The third kappa shape index (κ3) is 1.49. The summed E-state index contributed by atoms with van der Waals surface area (Å²) in [5, 5.41) is 0. The van der Waals surface area contributed by atoms with Gasteiger partial charge in [-0.25, -0.2) is 0 Å². The van der Waals surface area contributed by atoms with E-state index in [0.717, 1.165) is 12.2 Å². The number of benzene rings is 1. The van der Waals surface area contributed by atoms with Gasteiger partial charge in [0, 0.05) is 17.4 Å². The molecule has 2 nitrogen and oxygen atoms in total. The van der Waals surface area contributed by atoms with Gasteiger partial charge in [-0.05, 0) is 49.7 Å². The number of fused-ring (bicyclic) bond motifs is 1. The molecule has 1 aliphatic heterocycles. The van der Waals surface area contributed by atoms with Crippen LogP contribution >= 0.6 is 0 Å². The molecule has 0 unspecified atom stereocenters. The van der Waals surface area contributed by atoms with Crippen LogP contribution in [0, 0.1) is 5.92 Å². The first-order valence-corrected chi connectivity index (χ1v) is 7.48. The van der Waals surface area contributed by atoms with E-state index >= 15 is 0 Å². The molecule has 2 aliphatic carbocycles. The van der Waals surface area contributed by atoms with E-state index in [1.54, 1.807) is 7.11 Å². The van der Waals surface area contributed by atoms with Gasteiger partial charge in [-0.3, -0.25) is 0 Å². The molecule has 2 bridgehead atoms. The van der Waals surface area contributed by atoms with Crippen molar-refractivity contribution in [3.8, 4) is 5.75 Å². The van der Waals surface area contributed by atoms with Crippen molar-refractivity contribution in [2.75, 3.05) is 20.7 Å². The molecule has 1 saturated heterocycles. The van der Waals surface area contributed by atoms with E-state index in [9.17, 15) is 0 Å². The Balaban J connectivity index is 1.93. The molecule has 0 N–H and O–H groups in total. The Kier molecular flexibility index (Phi) is 2.58. The molecule has 0 radical (unpaired) electrons. The molecule has 1 heterocycles. The van der Waals surface area contributed by atoms with Crippen molar-refractivity contribution in [1.82, 2.24) is 4.90 Å². The first-order chi connectivity index (χ1) is 9.74. The predicted molar refractivity (Wildman–Crippen MR) is 81.2 cm³/mol. The average Bonchev–Trinajstić information content (AvgIpc) is 2.50. The zero-order valence-electron chi connectivity index (χ0n) is 12.2. The highest BCUT2D eigenvalue weighted by molar-refractivity contribution is 5.50. The van der Waals surface area contributed by atoms with Crippen molar-refractivity contribution in [3.63, 3.8) is 0 Å². The van der Waals surface area contributed by atoms with Crippen LogP contribution in [0.25, 0.3) is 0 Å². The lowest BCUT2D eigenvalue weighted by atomic mass is 9.56. The Labute approximate surface area is 120 Å². The number of methoxy groups -OCH3 is 1. The van der Waals surface area contributed by atoms with Gasteiger partial charge >= 0.3 is 0 Å². The van der Waals surface area contributed by atoms with Gasteiger partial charge < -0.3 is 9.64 Å². The number of likely N-dealkylation sites (tertiary alicyclic amines) is 1. The van der Waals surface area contributed by atoms with Crippen LogP contribution in [0.5, 0.6) is 5.75 Å². The molecule has 1 aromatic rings. The molecule has 1 fully saturated rings. The summed E-state index contributed by atoms with van der Waals surface area (Å²) in [6.07, 6.45) is 11.7. The fraction of sp³-hybridized carbons (Fsp3) is 0.444. The van der Waals surface area contributed by atoms with E-state index < -0.39 is 0 Å². The molecule has 20 heavy (non-hydrogen) atoms. The molecule has 4 rings (SSSR count). The lowest BCUT2D eigenvalue weighted by molar-refractivity contribution is 0.0798. The summed E-state index contributed by atoms with van der Waals surface area (Å²) in [5.41, 5.74) is 3.18. The van der Waals surface area contributed by atoms with Crippen molar-refractivity contribution in [2.24, 2.45) is 5.92 Å². The maximum Gasteiger partial charge on any atom is 0.119 e. The number of ether oxygens (including phenoxy) is 1. The summed E-state index contributed by atoms with van der Waals surface area (Å²) in [6.45, 7) is 1.18. The monoisotopic (exact) mass is 267 g/mol. The van der Waals surface area contributed by atoms with Crippen molar-refractivity contribution in [1.29, 1.82) is 0 Å². The van der Waals surface area contributed by atoms with Gasteiger partial charge in [-0.2, -0.15) is 0 Å². The molecular weight excluding hydrogens is 246 g/mol. The smallest absolute Gasteiger partial charge is 0.119 e. The molecule has 0 spiro atoms. The summed E-state index contributed by atoms with van der Waals surface area (Å²) in [5.74, 6) is 1.59. The Morgan fingerprint density at radius 3 is 3.05 bits per heavy atom. The van der Waals surface area contributed by atoms with E-state index in [1.165, 1.54) is 24.1 Å². The fourth-order valence-corrected chi connectivity index (χ4v) is 4.42. The minimum absolute atomic E-state index is 0.189. The standard InChI is InChI=1S/C18H21NO/c1-19-10-9-18-8-4-3-5-15(18)17(19)11-13-6-7-14(20-2)12-16(13)18/h3-8,12,15,17H,9-11H2,1-2H3/t15-,17-,18-/m0/s1. The highest BCUT2D eigenvalue weighted by Gasteiger charge is 2.50. The first-order valence-electron chi connectivity index (χ1n) is 7.48. The summed E-state index contributed by atoms with van der Waals surface area (Å²) < 4.78 is 5.46. The molecular formula is C18H21NO. The van der Waals surface area contributed by atoms with Gasteiger partial charge in [0.2, 0.25) is 0 Å². The largest absolute Gasteiger partial charge is 0.497 e. The number of hydrogen-bond donors (Lipinski definition) is 0. The Morgan fingerprint density at radius 1 is 1.30 bits per heavy atom. The van der Waals surface area contributed by atoms with Crippen LogP contribution in [0.3, 0.4) is 0 Å². The minimum Gasteiger partial charge on any atom is -0.497 e. The van der Waals surface area contributed by atoms with Crippen molar-refractivity contribution < 1.29 is 4.74 Å². The van der Waals surface area contributed by atoms with Gasteiger partial charge in [-0.15, -0.1) is 0 Å². The van der Waals surface area contributed by atoms with Gasteiger partial charge in [0.1, 0.15) is 5.75 Å². The Morgan fingerprint density at radius 2 is 2.20 bits per heavy atom. The van der Waals surface area contributed by atoms with E-state index in [2.05, 4.69) is 54.5 Å². The molecule has 0 amide bonds. The molecule has 3 aliphatic rings. The summed E-state index contributed by atoms with van der Waals surface area (Å²) in [6, 6.07) is 7.27. The molecule has 1 aromatic carbocycles. The summed E-state index contributed by atoms with van der Waals surface area (Å²) in [4.78, 5) is 2.54. The number of likely N-dealkylation sites (N-methyl/N-ethyl adjacent to an activating group) is 1. The van der Waals surface area contributed by atoms with Crippen LogP contribution in [0.15, 0.2) is 42.5 Å². The van der Waals surface area contributed by atoms with E-state index in [-0.39, 0.29) is 5.41 Å². The van der Waals surface area contributed by atoms with Crippen molar-refractivity contribution >= 4 is 0 Å². The lowest BCUT2D eigenvalue weighted by Crippen LogP contribution is -2.57. The second-order valence-corrected chi connectivity index (χ2v) is 6.34. The van der Waals surface area contributed by atoms with Crippen LogP contribution in [-0.4, -0.2) is 31.6 Å². The maximum absolute atomic E-state index is 5.46. The van der Waals surface area contributed by atoms with E-state index in [1.807, 2.05) is 0 Å². The predicted octanol–water partition coefficient (Wildman–Crippen LogP) is 2.94. The van der Waals surface area contributed by atoms with Crippen molar-refractivity contribution in [3.05, 3.63) is 53.6 Å². The topological polar surface area (TPSA) is 12.5 Å². The van der Waals surface area contributed by atoms with Gasteiger partial charge in [0.15, 0.2) is 0 Å². The van der Waals surface area contributed by atoms with Crippen molar-refractivity contribution in [2.45, 2.75) is 24.3 Å². The molecule has 0 saturated carbocycles. The number of rotatable bonds is 1. The SMILES string of the molecule is COc1ccc2c(c1)[C@]13C=CC=C[C@H]1[C@H](C2)N(C)CC3. The summed E-state index contributed by atoms with van der Waals surface area (Å²) >= 11 is 0. The molecule has 2 heteroatoms. The second kappa shape index (κ2) is 4.23. The van der Waals surface area contributed by atoms with E-state index in [0.29, 0.717) is 12.0 Å². The normalized spacial score (nSPS) is 34.5. The van der Waals surface area contributed by atoms with Gasteiger partial charge in [-0.1, -0.05) is 30.4 Å². The molecule has 104 valence electrons. The minimum atomic E-state index is 0.189. The van der Waals surface area contributed by atoms with Crippen LogP contribution in [-0.2, 0) is 11.8 Å². The van der Waals surface area contributed by atoms with Crippen LogP contribution in [0.4, 0.5) is 0 Å². The quantitative estimate of drug-likeness (QED) is 0.775. The third-order valence-electron chi connectivity index (χ3n) is 5.52. The highest BCUT2D eigenvalue weighted by atomic mass is 16.5. The Bertz CT molecular complexity index is 603. The first kappa shape index (κ1) is 12.2. The second-order valence-electron chi connectivity index (χ2n) is 6.34. The van der Waals surface area contributed by atoms with Crippen LogP contribution in [0.2, 0.25) is 0 Å². The van der Waals surface area contributed by atoms with Crippen LogP contribution in [0.1, 0.15) is 17.5 Å². The van der Waals surface area contributed by atoms with E-state index in [4.69, 9.17) is 4.74 Å². The fourth-order valence-electron chi connectivity index (χ4n) is 4.42. The van der Waals surface area contributed by atoms with Gasteiger partial charge in [0.25, 0.3) is 0 Å². The third-order valence-corrected chi connectivity index (χ3v) is 5.52. The van der Waals surface area contributed by atoms with Gasteiger partial charge in [0.05, 0.1) is 7.11 Å². The molecule has 0 aromatic heterocycles. The lowest BCUT2D eigenvalue weighted by Gasteiger charge is -2.55. The zero-order valence-corrected chi connectivity index (χ0v) is 12.2. The number of nitrogens with zero attached hydrogens (tertiary/aromatic N) is 1. The summed E-state index contributed by atoms with van der Waals surface area (Å²) in [7, 11) is 4.03. The zero-order chi connectivity index (χ0) is 13.7. The van der Waals surface area contributed by atoms with Crippen LogP contribution < -0.4 is 4.74 Å².